The van der Waals surface area contributed by atoms with Gasteiger partial charge in [0, 0.05) is 30.2 Å². The number of rotatable bonds is 1. The average molecular weight is 227 g/mol. The van der Waals surface area contributed by atoms with Gasteiger partial charge in [-0.25, -0.2) is 4.39 Å². The molecule has 0 radical (unpaired) electrons. The van der Waals surface area contributed by atoms with Crippen LogP contribution in [0.2, 0.25) is 5.02 Å². The smallest absolute Gasteiger partial charge is 0.147 e. The largest absolute Gasteiger partial charge is 0.366 e. The number of fused-ring (bicyclic) bond motifs is 2. The van der Waals surface area contributed by atoms with Crippen LogP contribution in [0.3, 0.4) is 0 Å². The Hall–Kier alpha value is -0.800. The first kappa shape index (κ1) is 9.43. The number of piperidine rings is 1. The molecule has 0 amide bonds. The topological polar surface area (TPSA) is 15.3 Å². The molecule has 0 saturated carbocycles. The fourth-order valence-corrected chi connectivity index (χ4v) is 2.61. The number of anilines is 1. The molecule has 4 rings (SSSR count). The Morgan fingerprint density at radius 1 is 1.33 bits per heavy atom. The summed E-state index contributed by atoms with van der Waals surface area (Å²) < 4.78 is 13.6. The molecule has 1 aromatic rings. The average Bonchev–Trinajstić information content (AvgIpc) is 2.16. The van der Waals surface area contributed by atoms with Crippen molar-refractivity contribution < 1.29 is 4.39 Å². The van der Waals surface area contributed by atoms with Gasteiger partial charge in [0.25, 0.3) is 0 Å². The van der Waals surface area contributed by atoms with Gasteiger partial charge < -0.3 is 10.2 Å². The highest BCUT2D eigenvalue weighted by Crippen LogP contribution is 2.29. The van der Waals surface area contributed by atoms with Crippen LogP contribution < -0.4 is 10.2 Å². The van der Waals surface area contributed by atoms with Crippen molar-refractivity contribution in [1.29, 1.82) is 0 Å². The van der Waals surface area contributed by atoms with E-state index in [0.717, 1.165) is 13.1 Å². The zero-order chi connectivity index (χ0) is 10.4. The zero-order valence-electron chi connectivity index (χ0n) is 8.21. The van der Waals surface area contributed by atoms with Gasteiger partial charge in [-0.2, -0.15) is 0 Å². The molecule has 3 aliphatic heterocycles. The second-order valence-corrected chi connectivity index (χ2v) is 4.73. The highest BCUT2D eigenvalue weighted by atomic mass is 35.5. The van der Waals surface area contributed by atoms with E-state index in [1.54, 1.807) is 12.1 Å². The maximum atomic E-state index is 13.6. The Morgan fingerprint density at radius 2 is 2.00 bits per heavy atom. The number of halogens is 2. The second kappa shape index (κ2) is 3.35. The van der Waals surface area contributed by atoms with Gasteiger partial charge in [0.2, 0.25) is 0 Å². The van der Waals surface area contributed by atoms with Gasteiger partial charge in [-0.3, -0.25) is 0 Å². The third-order valence-electron chi connectivity index (χ3n) is 3.17. The maximum absolute atomic E-state index is 13.6. The fraction of sp³-hybridized carbons (Fsp3) is 0.455. The standard InChI is InChI=1S/C11H12ClFN2/c12-7-1-2-11(10(13)3-7)15-5-8-4-9(6-15)14-8/h1-3,8-9,14H,4-6H2. The van der Waals surface area contributed by atoms with Crippen molar-refractivity contribution in [1.82, 2.24) is 5.32 Å². The third-order valence-corrected chi connectivity index (χ3v) is 3.41. The number of hydrogen-bond donors (Lipinski definition) is 1. The van der Waals surface area contributed by atoms with Crippen LogP contribution in [0.15, 0.2) is 18.2 Å². The van der Waals surface area contributed by atoms with Gasteiger partial charge in [-0.15, -0.1) is 0 Å². The Bertz CT molecular complexity index is 380. The van der Waals surface area contributed by atoms with E-state index >= 15 is 0 Å². The molecule has 15 heavy (non-hydrogen) atoms. The minimum Gasteiger partial charge on any atom is -0.366 e. The Morgan fingerprint density at radius 3 is 2.60 bits per heavy atom. The summed E-state index contributed by atoms with van der Waals surface area (Å²) >= 11 is 5.72. The molecule has 1 N–H and O–H groups in total. The molecule has 0 aromatic heterocycles. The second-order valence-electron chi connectivity index (χ2n) is 4.30. The van der Waals surface area contributed by atoms with E-state index < -0.39 is 0 Å². The van der Waals surface area contributed by atoms with Gasteiger partial charge in [0.1, 0.15) is 5.82 Å². The molecular formula is C11H12ClFN2. The van der Waals surface area contributed by atoms with E-state index in [1.807, 2.05) is 0 Å². The number of benzene rings is 1. The van der Waals surface area contributed by atoms with E-state index in [4.69, 9.17) is 11.6 Å². The summed E-state index contributed by atoms with van der Waals surface area (Å²) in [6, 6.07) is 5.97. The fourth-order valence-electron chi connectivity index (χ4n) is 2.45. The molecule has 0 spiro atoms. The number of piperazine rings is 1. The molecule has 4 heteroatoms. The lowest BCUT2D eigenvalue weighted by Crippen LogP contribution is -2.67. The summed E-state index contributed by atoms with van der Waals surface area (Å²) in [7, 11) is 0. The molecule has 2 nitrogen and oxygen atoms in total. The first-order valence-electron chi connectivity index (χ1n) is 5.18. The van der Waals surface area contributed by atoms with Gasteiger partial charge in [-0.05, 0) is 24.6 Å². The first-order chi connectivity index (χ1) is 7.22. The quantitative estimate of drug-likeness (QED) is 0.789. The highest BCUT2D eigenvalue weighted by molar-refractivity contribution is 6.30. The third kappa shape index (κ3) is 1.60. The lowest BCUT2D eigenvalue weighted by atomic mass is 9.91. The molecule has 2 bridgehead atoms. The van der Waals surface area contributed by atoms with E-state index in [-0.39, 0.29) is 5.82 Å². The van der Waals surface area contributed by atoms with Crippen LogP contribution in [0, 0.1) is 5.82 Å². The Balaban J connectivity index is 1.86. The minimum atomic E-state index is -0.219. The van der Waals surface area contributed by atoms with Gasteiger partial charge >= 0.3 is 0 Å². The van der Waals surface area contributed by atoms with Crippen molar-refractivity contribution >= 4 is 17.3 Å². The van der Waals surface area contributed by atoms with E-state index in [9.17, 15) is 4.39 Å². The predicted octanol–water partition coefficient (Wildman–Crippen LogP) is 2.03. The van der Waals surface area contributed by atoms with Crippen LogP contribution in [0.4, 0.5) is 10.1 Å². The molecule has 2 unspecified atom stereocenters. The van der Waals surface area contributed by atoms with Crippen molar-refractivity contribution in [3.05, 3.63) is 29.0 Å². The first-order valence-corrected chi connectivity index (χ1v) is 5.56. The molecule has 3 fully saturated rings. The summed E-state index contributed by atoms with van der Waals surface area (Å²) in [6.07, 6.45) is 1.23. The SMILES string of the molecule is Fc1cc(Cl)ccc1N1CC2CC(C1)N2. The molecule has 0 aliphatic carbocycles. The molecule has 3 heterocycles. The maximum Gasteiger partial charge on any atom is 0.147 e. The van der Waals surface area contributed by atoms with Crippen LogP contribution >= 0.6 is 11.6 Å². The van der Waals surface area contributed by atoms with Crippen LogP contribution in [-0.4, -0.2) is 25.2 Å². The zero-order valence-corrected chi connectivity index (χ0v) is 8.97. The van der Waals surface area contributed by atoms with Crippen LogP contribution in [-0.2, 0) is 0 Å². The summed E-state index contributed by atoms with van der Waals surface area (Å²) in [5.74, 6) is -0.219. The monoisotopic (exact) mass is 226 g/mol. The number of nitrogens with one attached hydrogen (secondary N) is 1. The van der Waals surface area contributed by atoms with Gasteiger partial charge in [-0.1, -0.05) is 11.6 Å². The van der Waals surface area contributed by atoms with E-state index in [2.05, 4.69) is 10.2 Å². The van der Waals surface area contributed by atoms with Crippen molar-refractivity contribution in [3.8, 4) is 0 Å². The van der Waals surface area contributed by atoms with Crippen LogP contribution in [0.5, 0.6) is 0 Å². The molecule has 80 valence electrons. The normalized spacial score (nSPS) is 28.8. The number of hydrogen-bond acceptors (Lipinski definition) is 2. The Labute approximate surface area is 93.0 Å². The minimum absolute atomic E-state index is 0.219. The summed E-state index contributed by atoms with van der Waals surface area (Å²) in [6.45, 7) is 1.80. The molecule has 3 aliphatic rings. The van der Waals surface area contributed by atoms with Crippen LogP contribution in [0.25, 0.3) is 0 Å². The van der Waals surface area contributed by atoms with Gasteiger partial charge in [0.15, 0.2) is 0 Å². The van der Waals surface area contributed by atoms with E-state index in [1.165, 1.54) is 12.5 Å². The summed E-state index contributed by atoms with van der Waals surface area (Å²) in [4.78, 5) is 2.10. The van der Waals surface area contributed by atoms with Crippen molar-refractivity contribution in [2.24, 2.45) is 0 Å². The lowest BCUT2D eigenvalue weighted by Gasteiger charge is -2.49. The van der Waals surface area contributed by atoms with Gasteiger partial charge in [0.05, 0.1) is 5.69 Å². The molecule has 1 aromatic carbocycles. The predicted molar refractivity (Wildman–Crippen MR) is 59.0 cm³/mol. The van der Waals surface area contributed by atoms with Crippen LogP contribution in [0.1, 0.15) is 6.42 Å². The number of nitrogens with zero attached hydrogens (tertiary/aromatic N) is 1. The molecular weight excluding hydrogens is 215 g/mol. The highest BCUT2D eigenvalue weighted by Gasteiger charge is 2.37. The molecule has 2 atom stereocenters. The lowest BCUT2D eigenvalue weighted by molar-refractivity contribution is 0.225. The van der Waals surface area contributed by atoms with Crippen molar-refractivity contribution in [2.45, 2.75) is 18.5 Å². The van der Waals surface area contributed by atoms with E-state index in [0.29, 0.717) is 22.8 Å². The summed E-state index contributed by atoms with van der Waals surface area (Å²) in [5, 5.41) is 3.87. The van der Waals surface area contributed by atoms with Crippen molar-refractivity contribution in [2.75, 3.05) is 18.0 Å². The summed E-state index contributed by atoms with van der Waals surface area (Å²) in [5.41, 5.74) is 0.676. The Kier molecular flexibility index (Phi) is 2.11. The molecule has 3 saturated heterocycles. The van der Waals surface area contributed by atoms with Crippen molar-refractivity contribution in [3.63, 3.8) is 0 Å².